The fourth-order valence-corrected chi connectivity index (χ4v) is 2.61. The van der Waals surface area contributed by atoms with Gasteiger partial charge in [0, 0.05) is 12.2 Å². The lowest BCUT2D eigenvalue weighted by Gasteiger charge is -2.14. The van der Waals surface area contributed by atoms with Gasteiger partial charge >= 0.3 is 6.61 Å². The van der Waals surface area contributed by atoms with E-state index in [2.05, 4.69) is 21.4 Å². The van der Waals surface area contributed by atoms with Crippen molar-refractivity contribution < 1.29 is 18.3 Å². The zero-order valence-corrected chi connectivity index (χ0v) is 15.0. The second-order valence-electron chi connectivity index (χ2n) is 5.55. The SMILES string of the molecule is COc1cc(CNC(=S)Nc2cc(C)cc(C)c2)ccc1OC(F)F. The number of hydrogen-bond donors (Lipinski definition) is 2. The van der Waals surface area contributed by atoms with Crippen LogP contribution in [0.25, 0.3) is 0 Å². The summed E-state index contributed by atoms with van der Waals surface area (Å²) >= 11 is 5.29. The maximum absolute atomic E-state index is 12.3. The highest BCUT2D eigenvalue weighted by molar-refractivity contribution is 7.80. The number of benzene rings is 2. The molecule has 0 aliphatic rings. The molecule has 0 aromatic heterocycles. The van der Waals surface area contributed by atoms with Crippen LogP contribution in [0.5, 0.6) is 11.5 Å². The van der Waals surface area contributed by atoms with Gasteiger partial charge in [-0.05, 0) is 67.0 Å². The number of thiocarbonyl (C=S) groups is 1. The molecule has 0 saturated heterocycles. The van der Waals surface area contributed by atoms with Gasteiger partial charge in [-0.1, -0.05) is 12.1 Å². The van der Waals surface area contributed by atoms with E-state index in [1.165, 1.54) is 13.2 Å². The van der Waals surface area contributed by atoms with Crippen LogP contribution in [0.15, 0.2) is 36.4 Å². The van der Waals surface area contributed by atoms with Gasteiger partial charge in [0.2, 0.25) is 0 Å². The van der Waals surface area contributed by atoms with Crippen LogP contribution in [0.2, 0.25) is 0 Å². The predicted molar refractivity (Wildman–Crippen MR) is 98.6 cm³/mol. The van der Waals surface area contributed by atoms with Crippen LogP contribution in [0, 0.1) is 13.8 Å². The first-order valence-corrected chi connectivity index (χ1v) is 8.03. The number of nitrogens with one attached hydrogen (secondary N) is 2. The predicted octanol–water partition coefficient (Wildman–Crippen LogP) is 4.40. The number of hydrogen-bond acceptors (Lipinski definition) is 3. The maximum Gasteiger partial charge on any atom is 0.387 e. The molecule has 2 rings (SSSR count). The lowest BCUT2D eigenvalue weighted by Crippen LogP contribution is -2.27. The van der Waals surface area contributed by atoms with Crippen molar-refractivity contribution in [2.45, 2.75) is 27.0 Å². The summed E-state index contributed by atoms with van der Waals surface area (Å²) in [6.07, 6.45) is 0. The van der Waals surface area contributed by atoms with E-state index in [1.807, 2.05) is 26.0 Å². The van der Waals surface area contributed by atoms with Gasteiger partial charge in [0.05, 0.1) is 7.11 Å². The first-order chi connectivity index (χ1) is 11.9. The molecule has 7 heteroatoms. The summed E-state index contributed by atoms with van der Waals surface area (Å²) in [4.78, 5) is 0. The minimum absolute atomic E-state index is 0.00260. The standard InChI is InChI=1S/C18H20F2N2O2S/c1-11-6-12(2)8-14(7-11)22-18(25)21-10-13-4-5-15(24-17(19)20)16(9-13)23-3/h4-9,17H,10H2,1-3H3,(H2,21,22,25). The maximum atomic E-state index is 12.3. The van der Waals surface area contributed by atoms with Gasteiger partial charge in [0.25, 0.3) is 0 Å². The molecular formula is C18H20F2N2O2S. The molecular weight excluding hydrogens is 346 g/mol. The van der Waals surface area contributed by atoms with Crippen LogP contribution >= 0.6 is 12.2 Å². The Balaban J connectivity index is 1.97. The molecule has 0 atom stereocenters. The Labute approximate surface area is 151 Å². The first-order valence-electron chi connectivity index (χ1n) is 7.62. The van der Waals surface area contributed by atoms with Crippen LogP contribution < -0.4 is 20.1 Å². The molecule has 2 aromatic carbocycles. The number of anilines is 1. The molecule has 0 aliphatic heterocycles. The third-order valence-corrected chi connectivity index (χ3v) is 3.62. The van der Waals surface area contributed by atoms with Crippen molar-refractivity contribution in [1.29, 1.82) is 0 Å². The number of rotatable bonds is 6. The third kappa shape index (κ3) is 5.86. The zero-order valence-electron chi connectivity index (χ0n) is 14.2. The van der Waals surface area contributed by atoms with Crippen molar-refractivity contribution in [3.05, 3.63) is 53.1 Å². The minimum Gasteiger partial charge on any atom is -0.493 e. The van der Waals surface area contributed by atoms with Crippen molar-refractivity contribution in [1.82, 2.24) is 5.32 Å². The summed E-state index contributed by atoms with van der Waals surface area (Å²) in [5, 5.41) is 6.67. The van der Waals surface area contributed by atoms with Gasteiger partial charge in [-0.2, -0.15) is 8.78 Å². The fraction of sp³-hybridized carbons (Fsp3) is 0.278. The van der Waals surface area contributed by atoms with Gasteiger partial charge in [-0.25, -0.2) is 0 Å². The number of alkyl halides is 2. The number of methoxy groups -OCH3 is 1. The van der Waals surface area contributed by atoms with Crippen molar-refractivity contribution in [3.8, 4) is 11.5 Å². The summed E-state index contributed by atoms with van der Waals surface area (Å²) < 4.78 is 34.2. The quantitative estimate of drug-likeness (QED) is 0.742. The monoisotopic (exact) mass is 366 g/mol. The molecule has 2 N–H and O–H groups in total. The molecule has 0 radical (unpaired) electrons. The normalized spacial score (nSPS) is 10.5. The van der Waals surface area contributed by atoms with Crippen LogP contribution in [0.4, 0.5) is 14.5 Å². The van der Waals surface area contributed by atoms with Crippen molar-refractivity contribution in [2.75, 3.05) is 12.4 Å². The van der Waals surface area contributed by atoms with Gasteiger partial charge in [0.1, 0.15) is 0 Å². The second kappa shape index (κ2) is 8.62. The van der Waals surface area contributed by atoms with E-state index in [-0.39, 0.29) is 11.5 Å². The highest BCUT2D eigenvalue weighted by atomic mass is 32.1. The highest BCUT2D eigenvalue weighted by Gasteiger charge is 2.11. The molecule has 134 valence electrons. The number of ether oxygens (including phenoxy) is 2. The van der Waals surface area contributed by atoms with Crippen molar-refractivity contribution in [2.24, 2.45) is 0 Å². The summed E-state index contributed by atoms with van der Waals surface area (Å²) in [7, 11) is 1.40. The first kappa shape index (κ1) is 18.9. The second-order valence-corrected chi connectivity index (χ2v) is 5.96. The Kier molecular flexibility index (Phi) is 6.52. The molecule has 0 unspecified atom stereocenters. The lowest BCUT2D eigenvalue weighted by molar-refractivity contribution is -0.0512. The average Bonchev–Trinajstić information content (AvgIpc) is 2.52. The van der Waals surface area contributed by atoms with Crippen molar-refractivity contribution >= 4 is 23.0 Å². The van der Waals surface area contributed by atoms with E-state index in [9.17, 15) is 8.78 Å². The Bertz CT molecular complexity index is 734. The van der Waals surface area contributed by atoms with Gasteiger partial charge < -0.3 is 20.1 Å². The molecule has 0 bridgehead atoms. The van der Waals surface area contributed by atoms with Gasteiger partial charge in [0.15, 0.2) is 16.6 Å². The fourth-order valence-electron chi connectivity index (χ4n) is 2.42. The summed E-state index contributed by atoms with van der Waals surface area (Å²) in [6.45, 7) is 1.56. The summed E-state index contributed by atoms with van der Waals surface area (Å²) in [5.74, 6) is 0.241. The molecule has 2 aromatic rings. The average molecular weight is 366 g/mol. The third-order valence-electron chi connectivity index (χ3n) is 3.38. The lowest BCUT2D eigenvalue weighted by atomic mass is 10.1. The summed E-state index contributed by atoms with van der Waals surface area (Å²) in [6, 6.07) is 10.8. The van der Waals surface area contributed by atoms with Gasteiger partial charge in [-0.3, -0.25) is 0 Å². The number of halogens is 2. The number of aryl methyl sites for hydroxylation is 2. The van der Waals surface area contributed by atoms with E-state index in [4.69, 9.17) is 17.0 Å². The molecule has 0 fully saturated rings. The Morgan fingerprint density at radius 3 is 2.36 bits per heavy atom. The topological polar surface area (TPSA) is 42.5 Å². The Morgan fingerprint density at radius 1 is 1.08 bits per heavy atom. The summed E-state index contributed by atoms with van der Waals surface area (Å²) in [5.41, 5.74) is 4.02. The van der Waals surface area contributed by atoms with E-state index in [0.717, 1.165) is 22.4 Å². The molecule has 0 spiro atoms. The van der Waals surface area contributed by atoms with Crippen LogP contribution in [-0.2, 0) is 6.54 Å². The van der Waals surface area contributed by atoms with Crippen LogP contribution in [-0.4, -0.2) is 18.8 Å². The Hall–Kier alpha value is -2.41. The molecule has 0 saturated carbocycles. The molecule has 0 aliphatic carbocycles. The smallest absolute Gasteiger partial charge is 0.387 e. The van der Waals surface area contributed by atoms with Gasteiger partial charge in [-0.15, -0.1) is 0 Å². The Morgan fingerprint density at radius 2 is 1.76 bits per heavy atom. The molecule has 4 nitrogen and oxygen atoms in total. The van der Waals surface area contributed by atoms with E-state index < -0.39 is 6.61 Å². The van der Waals surface area contributed by atoms with Crippen LogP contribution in [0.3, 0.4) is 0 Å². The van der Waals surface area contributed by atoms with E-state index in [1.54, 1.807) is 12.1 Å². The van der Waals surface area contributed by atoms with Crippen LogP contribution in [0.1, 0.15) is 16.7 Å². The molecule has 0 amide bonds. The van der Waals surface area contributed by atoms with E-state index in [0.29, 0.717) is 11.7 Å². The minimum atomic E-state index is -2.90. The molecule has 25 heavy (non-hydrogen) atoms. The highest BCUT2D eigenvalue weighted by Crippen LogP contribution is 2.29. The largest absolute Gasteiger partial charge is 0.493 e. The van der Waals surface area contributed by atoms with E-state index >= 15 is 0 Å². The molecule has 0 heterocycles. The zero-order chi connectivity index (χ0) is 18.4. The van der Waals surface area contributed by atoms with Crippen molar-refractivity contribution in [3.63, 3.8) is 0 Å².